The Bertz CT molecular complexity index is 334. The number of hydrogen-bond donors (Lipinski definition) is 3. The minimum absolute atomic E-state index is 0.00507. The fourth-order valence-corrected chi connectivity index (χ4v) is 2.97. The first kappa shape index (κ1) is 13.2. The summed E-state index contributed by atoms with van der Waals surface area (Å²) < 4.78 is 0. The smallest absolute Gasteiger partial charge is 0.315 e. The van der Waals surface area contributed by atoms with Crippen molar-refractivity contribution in [1.82, 2.24) is 10.6 Å². The third-order valence-electron chi connectivity index (χ3n) is 4.48. The molecule has 2 rings (SSSR count). The summed E-state index contributed by atoms with van der Waals surface area (Å²) in [6.45, 7) is 2.09. The predicted molar refractivity (Wildman–Crippen MR) is 67.3 cm³/mol. The first-order valence-electron chi connectivity index (χ1n) is 6.86. The first-order chi connectivity index (χ1) is 8.54. The highest BCUT2D eigenvalue weighted by atomic mass is 16.4. The van der Waals surface area contributed by atoms with E-state index in [1.165, 1.54) is 6.42 Å². The minimum Gasteiger partial charge on any atom is -0.481 e. The molecule has 5 heteroatoms. The molecule has 5 nitrogen and oxygen atoms in total. The molecule has 0 heterocycles. The van der Waals surface area contributed by atoms with Crippen molar-refractivity contribution in [3.63, 3.8) is 0 Å². The van der Waals surface area contributed by atoms with Gasteiger partial charge in [-0.3, -0.25) is 4.79 Å². The van der Waals surface area contributed by atoms with E-state index in [1.807, 2.05) is 0 Å². The summed E-state index contributed by atoms with van der Waals surface area (Å²) >= 11 is 0. The van der Waals surface area contributed by atoms with Crippen molar-refractivity contribution in [2.24, 2.45) is 5.92 Å². The van der Waals surface area contributed by atoms with Crippen LogP contribution >= 0.6 is 0 Å². The van der Waals surface area contributed by atoms with E-state index in [0.717, 1.165) is 25.7 Å². The Morgan fingerprint density at radius 3 is 2.50 bits per heavy atom. The molecule has 2 saturated carbocycles. The number of carboxylic acids is 1. The van der Waals surface area contributed by atoms with Crippen molar-refractivity contribution in [3.05, 3.63) is 0 Å². The number of carboxylic acid groups (broad SMARTS) is 1. The SMILES string of the molecule is CCC1(NC(=O)N[C@H]2CC[C@@H](C(=O)O)C2)CCC1. The largest absolute Gasteiger partial charge is 0.481 e. The van der Waals surface area contributed by atoms with Crippen LogP contribution in [0.25, 0.3) is 0 Å². The second-order valence-electron chi connectivity index (χ2n) is 5.63. The van der Waals surface area contributed by atoms with Crippen molar-refractivity contribution < 1.29 is 14.7 Å². The summed E-state index contributed by atoms with van der Waals surface area (Å²) in [6.07, 6.45) is 6.24. The fraction of sp³-hybridized carbons (Fsp3) is 0.846. The fourth-order valence-electron chi connectivity index (χ4n) is 2.97. The maximum Gasteiger partial charge on any atom is 0.315 e. The van der Waals surface area contributed by atoms with Gasteiger partial charge in [0, 0.05) is 11.6 Å². The average Bonchev–Trinajstić information content (AvgIpc) is 2.72. The van der Waals surface area contributed by atoms with Gasteiger partial charge in [0.2, 0.25) is 0 Å². The van der Waals surface area contributed by atoms with Crippen molar-refractivity contribution in [2.75, 3.05) is 0 Å². The summed E-state index contributed by atoms with van der Waals surface area (Å²) in [6, 6.07) is -0.118. The molecule has 0 saturated heterocycles. The average molecular weight is 254 g/mol. The van der Waals surface area contributed by atoms with Gasteiger partial charge in [-0.2, -0.15) is 0 Å². The number of carbonyl (C=O) groups is 2. The van der Waals surface area contributed by atoms with E-state index in [-0.39, 0.29) is 23.5 Å². The minimum atomic E-state index is -0.747. The van der Waals surface area contributed by atoms with Crippen LogP contribution in [0.1, 0.15) is 51.9 Å². The highest BCUT2D eigenvalue weighted by molar-refractivity contribution is 5.76. The normalized spacial score (nSPS) is 29.4. The van der Waals surface area contributed by atoms with E-state index in [0.29, 0.717) is 12.8 Å². The lowest BCUT2D eigenvalue weighted by Crippen LogP contribution is -2.57. The van der Waals surface area contributed by atoms with Gasteiger partial charge in [0.1, 0.15) is 0 Å². The van der Waals surface area contributed by atoms with Crippen LogP contribution in [-0.4, -0.2) is 28.7 Å². The zero-order valence-corrected chi connectivity index (χ0v) is 10.9. The Balaban J connectivity index is 1.77. The number of rotatable bonds is 4. The third-order valence-corrected chi connectivity index (χ3v) is 4.48. The van der Waals surface area contributed by atoms with Crippen LogP contribution in [0.5, 0.6) is 0 Å². The Hall–Kier alpha value is -1.26. The van der Waals surface area contributed by atoms with E-state index in [9.17, 15) is 9.59 Å². The molecular weight excluding hydrogens is 232 g/mol. The topological polar surface area (TPSA) is 78.4 Å². The van der Waals surface area contributed by atoms with Crippen molar-refractivity contribution in [1.29, 1.82) is 0 Å². The van der Waals surface area contributed by atoms with Gasteiger partial charge in [0.25, 0.3) is 0 Å². The number of urea groups is 1. The van der Waals surface area contributed by atoms with Gasteiger partial charge >= 0.3 is 12.0 Å². The summed E-state index contributed by atoms with van der Waals surface area (Å²) in [7, 11) is 0. The third kappa shape index (κ3) is 2.76. The molecular formula is C13H22N2O3. The van der Waals surface area contributed by atoms with Crippen LogP contribution in [0.2, 0.25) is 0 Å². The molecule has 102 valence electrons. The van der Waals surface area contributed by atoms with Gasteiger partial charge < -0.3 is 15.7 Å². The second-order valence-corrected chi connectivity index (χ2v) is 5.63. The molecule has 0 aliphatic heterocycles. The Kier molecular flexibility index (Phi) is 3.78. The molecule has 2 fully saturated rings. The summed E-state index contributed by atoms with van der Waals surface area (Å²) in [4.78, 5) is 22.7. The molecule has 0 radical (unpaired) electrons. The summed E-state index contributed by atoms with van der Waals surface area (Å²) in [5, 5.41) is 14.9. The summed E-state index contributed by atoms with van der Waals surface area (Å²) in [5.74, 6) is -1.04. The standard InChI is InChI=1S/C13H22N2O3/c1-2-13(6-3-7-13)15-12(18)14-10-5-4-9(8-10)11(16)17/h9-10H,2-8H2,1H3,(H,16,17)(H2,14,15,18)/t9-,10+/m1/s1. The maximum absolute atomic E-state index is 11.9. The van der Waals surface area contributed by atoms with Crippen molar-refractivity contribution in [3.8, 4) is 0 Å². The number of nitrogens with one attached hydrogen (secondary N) is 2. The van der Waals surface area contributed by atoms with Crippen LogP contribution < -0.4 is 10.6 Å². The Labute approximate surface area is 107 Å². The lowest BCUT2D eigenvalue weighted by atomic mass is 9.75. The molecule has 0 bridgehead atoms. The van der Waals surface area contributed by atoms with Crippen LogP contribution in [0.4, 0.5) is 4.79 Å². The van der Waals surface area contributed by atoms with Gasteiger partial charge in [0.05, 0.1) is 5.92 Å². The summed E-state index contributed by atoms with van der Waals surface area (Å²) in [5.41, 5.74) is -0.00507. The van der Waals surface area contributed by atoms with Crippen LogP contribution in [0.15, 0.2) is 0 Å². The van der Waals surface area contributed by atoms with E-state index >= 15 is 0 Å². The van der Waals surface area contributed by atoms with Gasteiger partial charge in [-0.1, -0.05) is 6.92 Å². The molecule has 2 amide bonds. The first-order valence-corrected chi connectivity index (χ1v) is 6.86. The number of hydrogen-bond acceptors (Lipinski definition) is 2. The van der Waals surface area contributed by atoms with Gasteiger partial charge in [-0.25, -0.2) is 4.79 Å². The molecule has 0 aromatic rings. The highest BCUT2D eigenvalue weighted by Gasteiger charge is 2.37. The lowest BCUT2D eigenvalue weighted by molar-refractivity contribution is -0.141. The van der Waals surface area contributed by atoms with Gasteiger partial charge in [-0.05, 0) is 44.9 Å². The maximum atomic E-state index is 11.9. The molecule has 2 atom stereocenters. The molecule has 18 heavy (non-hydrogen) atoms. The quantitative estimate of drug-likeness (QED) is 0.716. The zero-order chi connectivity index (χ0) is 13.2. The number of aliphatic carboxylic acids is 1. The Morgan fingerprint density at radius 2 is 2.06 bits per heavy atom. The molecule has 0 aromatic heterocycles. The van der Waals surface area contributed by atoms with Crippen LogP contribution in [0.3, 0.4) is 0 Å². The van der Waals surface area contributed by atoms with Crippen molar-refractivity contribution >= 4 is 12.0 Å². The molecule has 3 N–H and O–H groups in total. The number of carbonyl (C=O) groups excluding carboxylic acids is 1. The molecule has 0 unspecified atom stereocenters. The molecule has 0 aromatic carbocycles. The highest BCUT2D eigenvalue weighted by Crippen LogP contribution is 2.34. The monoisotopic (exact) mass is 254 g/mol. The zero-order valence-electron chi connectivity index (χ0n) is 10.9. The molecule has 0 spiro atoms. The van der Waals surface area contributed by atoms with Gasteiger partial charge in [-0.15, -0.1) is 0 Å². The van der Waals surface area contributed by atoms with E-state index in [4.69, 9.17) is 5.11 Å². The van der Waals surface area contributed by atoms with E-state index < -0.39 is 5.97 Å². The van der Waals surface area contributed by atoms with Crippen LogP contribution in [0, 0.1) is 5.92 Å². The van der Waals surface area contributed by atoms with Crippen molar-refractivity contribution in [2.45, 2.75) is 63.5 Å². The second kappa shape index (κ2) is 5.16. The lowest BCUT2D eigenvalue weighted by Gasteiger charge is -2.42. The predicted octanol–water partition coefficient (Wildman–Crippen LogP) is 1.87. The van der Waals surface area contributed by atoms with E-state index in [2.05, 4.69) is 17.6 Å². The Morgan fingerprint density at radius 1 is 1.33 bits per heavy atom. The van der Waals surface area contributed by atoms with E-state index in [1.54, 1.807) is 0 Å². The molecule has 2 aliphatic rings. The van der Waals surface area contributed by atoms with Crippen LogP contribution in [-0.2, 0) is 4.79 Å². The van der Waals surface area contributed by atoms with Gasteiger partial charge in [0.15, 0.2) is 0 Å². The molecule has 2 aliphatic carbocycles. The number of amides is 2.